The first-order valence-electron chi connectivity index (χ1n) is 5.44. The SMILES string of the molecule is C#CN(C/C=N\CCCC)C(=N)C(C)C. The fraction of sp³-hybridized carbons (Fsp3) is 0.667. The molecule has 0 unspecified atom stereocenters. The van der Waals surface area contributed by atoms with Gasteiger partial charge in [0.1, 0.15) is 5.84 Å². The first-order chi connectivity index (χ1) is 7.13. The van der Waals surface area contributed by atoms with Crippen LogP contribution in [0.15, 0.2) is 4.99 Å². The van der Waals surface area contributed by atoms with Crippen molar-refractivity contribution in [3.05, 3.63) is 0 Å². The van der Waals surface area contributed by atoms with Gasteiger partial charge < -0.3 is 0 Å². The standard InChI is InChI=1S/C12H21N3/c1-5-7-8-14-9-10-15(6-2)12(13)11(3)4/h2,9,11,13H,5,7-8,10H2,1,3-4H3/b13-12?,14-9-. The van der Waals surface area contributed by atoms with Crippen LogP contribution in [-0.4, -0.2) is 30.0 Å². The van der Waals surface area contributed by atoms with E-state index in [4.69, 9.17) is 11.8 Å². The van der Waals surface area contributed by atoms with Crippen LogP contribution in [0.1, 0.15) is 33.6 Å². The number of nitrogens with one attached hydrogen (secondary N) is 1. The van der Waals surface area contributed by atoms with Crippen LogP contribution in [0.4, 0.5) is 0 Å². The highest BCUT2D eigenvalue weighted by Gasteiger charge is 2.08. The number of hydrogen-bond donors (Lipinski definition) is 1. The van der Waals surface area contributed by atoms with Crippen molar-refractivity contribution in [2.45, 2.75) is 33.6 Å². The van der Waals surface area contributed by atoms with Crippen LogP contribution in [0.2, 0.25) is 0 Å². The van der Waals surface area contributed by atoms with E-state index >= 15 is 0 Å². The summed E-state index contributed by atoms with van der Waals surface area (Å²) in [7, 11) is 0. The van der Waals surface area contributed by atoms with Crippen molar-refractivity contribution in [3.63, 3.8) is 0 Å². The first kappa shape index (κ1) is 13.7. The van der Waals surface area contributed by atoms with Gasteiger partial charge in [0.15, 0.2) is 0 Å². The zero-order valence-corrected chi connectivity index (χ0v) is 9.95. The van der Waals surface area contributed by atoms with Gasteiger partial charge in [-0.05, 0) is 6.42 Å². The van der Waals surface area contributed by atoms with Gasteiger partial charge in [0.25, 0.3) is 0 Å². The lowest BCUT2D eigenvalue weighted by molar-refractivity contribution is 0.615. The summed E-state index contributed by atoms with van der Waals surface area (Å²) in [6.07, 6.45) is 9.38. The molecule has 0 aliphatic carbocycles. The maximum absolute atomic E-state index is 7.74. The molecular weight excluding hydrogens is 186 g/mol. The number of aliphatic imine (C=N–C) groups is 1. The van der Waals surface area contributed by atoms with Gasteiger partial charge in [0, 0.05) is 24.7 Å². The van der Waals surface area contributed by atoms with Crippen LogP contribution in [0, 0.1) is 23.8 Å². The zero-order chi connectivity index (χ0) is 11.7. The zero-order valence-electron chi connectivity index (χ0n) is 9.95. The maximum atomic E-state index is 7.74. The van der Waals surface area contributed by atoms with Crippen molar-refractivity contribution in [3.8, 4) is 12.5 Å². The molecule has 0 amide bonds. The predicted molar refractivity (Wildman–Crippen MR) is 66.4 cm³/mol. The highest BCUT2D eigenvalue weighted by atomic mass is 15.1. The summed E-state index contributed by atoms with van der Waals surface area (Å²) in [4.78, 5) is 5.82. The molecular formula is C12H21N3. The molecule has 0 atom stereocenters. The molecule has 0 saturated heterocycles. The summed E-state index contributed by atoms with van der Waals surface area (Å²) < 4.78 is 0. The van der Waals surface area contributed by atoms with Gasteiger partial charge in [-0.3, -0.25) is 15.3 Å². The lowest BCUT2D eigenvalue weighted by Crippen LogP contribution is -2.30. The Kier molecular flexibility index (Phi) is 7.35. The summed E-state index contributed by atoms with van der Waals surface area (Å²) >= 11 is 0. The van der Waals surface area contributed by atoms with Crippen molar-refractivity contribution in [2.24, 2.45) is 10.9 Å². The molecule has 0 saturated carbocycles. The number of hydrogen-bond acceptors (Lipinski definition) is 2. The molecule has 15 heavy (non-hydrogen) atoms. The number of unbranched alkanes of at least 4 members (excludes halogenated alkanes) is 1. The molecule has 0 bridgehead atoms. The molecule has 0 aromatic heterocycles. The van der Waals surface area contributed by atoms with Crippen LogP contribution in [0.3, 0.4) is 0 Å². The Balaban J connectivity index is 3.97. The first-order valence-corrected chi connectivity index (χ1v) is 5.44. The van der Waals surface area contributed by atoms with E-state index in [2.05, 4.69) is 18.0 Å². The molecule has 84 valence electrons. The van der Waals surface area contributed by atoms with Crippen LogP contribution >= 0.6 is 0 Å². The van der Waals surface area contributed by atoms with E-state index in [1.807, 2.05) is 13.8 Å². The van der Waals surface area contributed by atoms with E-state index < -0.39 is 0 Å². The van der Waals surface area contributed by atoms with Gasteiger partial charge in [-0.15, -0.1) is 0 Å². The van der Waals surface area contributed by atoms with Gasteiger partial charge in [-0.2, -0.15) is 0 Å². The van der Waals surface area contributed by atoms with Crippen molar-refractivity contribution in [1.82, 2.24) is 4.90 Å². The van der Waals surface area contributed by atoms with Crippen LogP contribution in [-0.2, 0) is 0 Å². The van der Waals surface area contributed by atoms with Gasteiger partial charge >= 0.3 is 0 Å². The lowest BCUT2D eigenvalue weighted by atomic mass is 10.2. The number of nitrogens with zero attached hydrogens (tertiary/aromatic N) is 2. The third-order valence-corrected chi connectivity index (χ3v) is 2.03. The highest BCUT2D eigenvalue weighted by Crippen LogP contribution is 1.99. The Morgan fingerprint density at radius 1 is 1.60 bits per heavy atom. The average Bonchev–Trinajstić information content (AvgIpc) is 2.22. The predicted octanol–water partition coefficient (Wildman–Crippen LogP) is 2.38. The summed E-state index contributed by atoms with van der Waals surface area (Å²) in [5, 5.41) is 7.74. The summed E-state index contributed by atoms with van der Waals surface area (Å²) in [5.74, 6) is 0.629. The Morgan fingerprint density at radius 2 is 2.27 bits per heavy atom. The van der Waals surface area contributed by atoms with E-state index in [1.165, 1.54) is 0 Å². The molecule has 0 heterocycles. The van der Waals surface area contributed by atoms with Crippen LogP contribution in [0.5, 0.6) is 0 Å². The fourth-order valence-corrected chi connectivity index (χ4v) is 1.01. The number of rotatable bonds is 6. The monoisotopic (exact) mass is 207 g/mol. The van der Waals surface area contributed by atoms with Crippen molar-refractivity contribution < 1.29 is 0 Å². The van der Waals surface area contributed by atoms with Gasteiger partial charge in [0.05, 0.1) is 6.54 Å². The number of amidine groups is 1. The van der Waals surface area contributed by atoms with Crippen molar-refractivity contribution >= 4 is 12.1 Å². The molecule has 0 radical (unpaired) electrons. The molecule has 0 fully saturated rings. The molecule has 1 N–H and O–H groups in total. The molecule has 3 heteroatoms. The minimum absolute atomic E-state index is 0.157. The molecule has 0 rings (SSSR count). The minimum atomic E-state index is 0.157. The van der Waals surface area contributed by atoms with E-state index in [-0.39, 0.29) is 5.92 Å². The Labute approximate surface area is 93.1 Å². The normalized spacial score (nSPS) is 10.6. The van der Waals surface area contributed by atoms with E-state index in [9.17, 15) is 0 Å². The van der Waals surface area contributed by atoms with Crippen LogP contribution < -0.4 is 0 Å². The molecule has 0 spiro atoms. The topological polar surface area (TPSA) is 39.5 Å². The third-order valence-electron chi connectivity index (χ3n) is 2.03. The quantitative estimate of drug-likeness (QED) is 0.235. The molecule has 0 aliphatic rings. The largest absolute Gasteiger partial charge is 0.296 e. The molecule has 0 aromatic carbocycles. The van der Waals surface area contributed by atoms with E-state index in [0.29, 0.717) is 12.4 Å². The molecule has 0 aliphatic heterocycles. The summed E-state index contributed by atoms with van der Waals surface area (Å²) in [6.45, 7) is 7.45. The number of terminal acetylenes is 1. The average molecular weight is 207 g/mol. The van der Waals surface area contributed by atoms with Crippen LogP contribution in [0.25, 0.3) is 0 Å². The summed E-state index contributed by atoms with van der Waals surface area (Å²) in [5.41, 5.74) is 0. The lowest BCUT2D eigenvalue weighted by Gasteiger charge is -2.18. The second-order valence-electron chi connectivity index (χ2n) is 3.72. The van der Waals surface area contributed by atoms with E-state index in [1.54, 1.807) is 11.1 Å². The van der Waals surface area contributed by atoms with E-state index in [0.717, 1.165) is 19.4 Å². The van der Waals surface area contributed by atoms with Gasteiger partial charge in [-0.25, -0.2) is 0 Å². The Bertz CT molecular complexity index is 248. The Morgan fingerprint density at radius 3 is 2.73 bits per heavy atom. The second kappa shape index (κ2) is 8.05. The smallest absolute Gasteiger partial charge is 0.110 e. The van der Waals surface area contributed by atoms with Gasteiger partial charge in [-0.1, -0.05) is 33.6 Å². The Hall–Kier alpha value is -1.30. The van der Waals surface area contributed by atoms with Crippen molar-refractivity contribution in [1.29, 1.82) is 5.41 Å². The summed E-state index contributed by atoms with van der Waals surface area (Å²) in [6, 6.07) is 2.49. The maximum Gasteiger partial charge on any atom is 0.110 e. The van der Waals surface area contributed by atoms with Crippen molar-refractivity contribution in [2.75, 3.05) is 13.1 Å². The molecule has 3 nitrogen and oxygen atoms in total. The highest BCUT2D eigenvalue weighted by molar-refractivity contribution is 5.84. The second-order valence-corrected chi connectivity index (χ2v) is 3.72. The molecule has 0 aromatic rings. The van der Waals surface area contributed by atoms with Gasteiger partial charge in [0.2, 0.25) is 0 Å². The fourth-order valence-electron chi connectivity index (χ4n) is 1.01. The third kappa shape index (κ3) is 5.90. The minimum Gasteiger partial charge on any atom is -0.296 e.